The van der Waals surface area contributed by atoms with Crippen molar-refractivity contribution in [2.75, 3.05) is 19.8 Å². The molecule has 0 saturated heterocycles. The molecule has 0 atom stereocenters. The fourth-order valence-corrected chi connectivity index (χ4v) is 3.83. The number of nitrogens with one attached hydrogen (secondary N) is 2. The highest BCUT2D eigenvalue weighted by atomic mass is 32.1. The van der Waals surface area contributed by atoms with Gasteiger partial charge in [-0.15, -0.1) is 11.3 Å². The molecular weight excluding hydrogens is 423 g/mol. The number of thiophene rings is 1. The smallest absolute Gasteiger partial charge is 0.279 e. The van der Waals surface area contributed by atoms with E-state index >= 15 is 0 Å². The molecule has 3 rings (SSSR count). The molecule has 2 amide bonds. The summed E-state index contributed by atoms with van der Waals surface area (Å²) in [5, 5.41) is 0.621. The van der Waals surface area contributed by atoms with Gasteiger partial charge in [0.05, 0.1) is 24.7 Å². The minimum Gasteiger partial charge on any atom is -0.490 e. The summed E-state index contributed by atoms with van der Waals surface area (Å²) in [5.41, 5.74) is 5.00. The zero-order chi connectivity index (χ0) is 22.4. The van der Waals surface area contributed by atoms with Crippen molar-refractivity contribution in [3.05, 3.63) is 52.7 Å². The Labute approximate surface area is 183 Å². The first kappa shape index (κ1) is 22.4. The number of hydrogen-bond donors (Lipinski definition) is 2. The number of fused-ring (bicyclic) bond motifs is 1. The van der Waals surface area contributed by atoms with Crippen LogP contribution in [0.5, 0.6) is 17.2 Å². The van der Waals surface area contributed by atoms with Gasteiger partial charge in [-0.1, -0.05) is 0 Å². The van der Waals surface area contributed by atoms with E-state index in [1.165, 1.54) is 35.6 Å². The molecule has 0 radical (unpaired) electrons. The van der Waals surface area contributed by atoms with Crippen LogP contribution in [0.25, 0.3) is 10.1 Å². The maximum absolute atomic E-state index is 13.4. The normalized spacial score (nSPS) is 10.6. The van der Waals surface area contributed by atoms with Gasteiger partial charge in [0.25, 0.3) is 11.8 Å². The number of carbonyl (C=O) groups excluding carboxylic acids is 2. The molecule has 31 heavy (non-hydrogen) atoms. The van der Waals surface area contributed by atoms with Crippen LogP contribution in [0.2, 0.25) is 0 Å². The minimum atomic E-state index is -0.550. The van der Waals surface area contributed by atoms with E-state index in [4.69, 9.17) is 14.2 Å². The molecule has 0 saturated carbocycles. The first-order valence-electron chi connectivity index (χ1n) is 9.83. The maximum Gasteiger partial charge on any atom is 0.279 e. The second kappa shape index (κ2) is 10.1. The number of ether oxygens (including phenoxy) is 3. The van der Waals surface area contributed by atoms with Gasteiger partial charge in [0.15, 0.2) is 11.5 Å². The highest BCUT2D eigenvalue weighted by molar-refractivity contribution is 7.20. The first-order valence-corrected chi connectivity index (χ1v) is 10.6. The maximum atomic E-state index is 13.4. The molecule has 0 aliphatic heterocycles. The van der Waals surface area contributed by atoms with Crippen LogP contribution in [0.1, 0.15) is 40.8 Å². The Morgan fingerprint density at radius 1 is 0.871 bits per heavy atom. The van der Waals surface area contributed by atoms with Crippen LogP contribution in [-0.4, -0.2) is 31.6 Å². The van der Waals surface area contributed by atoms with E-state index in [-0.39, 0.29) is 11.4 Å². The number of rotatable bonds is 8. The van der Waals surface area contributed by atoms with E-state index in [1.54, 1.807) is 12.1 Å². The van der Waals surface area contributed by atoms with E-state index in [9.17, 15) is 14.0 Å². The lowest BCUT2D eigenvalue weighted by Gasteiger charge is -2.17. The zero-order valence-corrected chi connectivity index (χ0v) is 18.2. The molecule has 3 aromatic rings. The summed E-state index contributed by atoms with van der Waals surface area (Å²) in [7, 11) is 0. The Balaban J connectivity index is 1.77. The van der Waals surface area contributed by atoms with Crippen molar-refractivity contribution in [1.29, 1.82) is 0 Å². The van der Waals surface area contributed by atoms with Crippen LogP contribution < -0.4 is 25.1 Å². The number of halogens is 1. The van der Waals surface area contributed by atoms with Gasteiger partial charge >= 0.3 is 0 Å². The van der Waals surface area contributed by atoms with E-state index in [0.29, 0.717) is 47.3 Å². The SMILES string of the molecule is CCOc1cc(C(=O)NNC(=O)c2cc3cc(F)ccc3s2)cc(OCC)c1OCC. The second-order valence-corrected chi connectivity index (χ2v) is 7.39. The number of carbonyl (C=O) groups is 2. The largest absolute Gasteiger partial charge is 0.490 e. The van der Waals surface area contributed by atoms with Gasteiger partial charge in [-0.2, -0.15) is 0 Å². The third-order valence-electron chi connectivity index (χ3n) is 4.16. The Morgan fingerprint density at radius 3 is 2.10 bits per heavy atom. The van der Waals surface area contributed by atoms with Crippen LogP contribution in [-0.2, 0) is 0 Å². The lowest BCUT2D eigenvalue weighted by atomic mass is 10.1. The zero-order valence-electron chi connectivity index (χ0n) is 17.4. The number of hydrazine groups is 1. The summed E-state index contributed by atoms with van der Waals surface area (Å²) < 4.78 is 31.0. The van der Waals surface area contributed by atoms with Crippen molar-refractivity contribution in [2.24, 2.45) is 0 Å². The summed E-state index contributed by atoms with van der Waals surface area (Å²) in [6, 6.07) is 8.92. The van der Waals surface area contributed by atoms with E-state index in [0.717, 1.165) is 4.70 Å². The molecule has 1 heterocycles. The molecule has 2 N–H and O–H groups in total. The first-order chi connectivity index (χ1) is 15.0. The molecule has 0 aliphatic rings. The quantitative estimate of drug-likeness (QED) is 0.504. The van der Waals surface area contributed by atoms with Gasteiger partial charge in [-0.3, -0.25) is 20.4 Å². The average Bonchev–Trinajstić information content (AvgIpc) is 3.17. The van der Waals surface area contributed by atoms with Crippen molar-refractivity contribution in [1.82, 2.24) is 10.9 Å². The highest BCUT2D eigenvalue weighted by Gasteiger charge is 2.19. The van der Waals surface area contributed by atoms with Crippen molar-refractivity contribution in [2.45, 2.75) is 20.8 Å². The van der Waals surface area contributed by atoms with Crippen LogP contribution in [0.4, 0.5) is 4.39 Å². The second-order valence-electron chi connectivity index (χ2n) is 6.30. The van der Waals surface area contributed by atoms with E-state index < -0.39 is 11.8 Å². The van der Waals surface area contributed by atoms with Gasteiger partial charge in [-0.05, 0) is 62.6 Å². The van der Waals surface area contributed by atoms with Crippen LogP contribution in [0.15, 0.2) is 36.4 Å². The predicted molar refractivity (Wildman–Crippen MR) is 117 cm³/mol. The monoisotopic (exact) mass is 446 g/mol. The molecule has 0 aliphatic carbocycles. The molecule has 2 aromatic carbocycles. The van der Waals surface area contributed by atoms with Crippen molar-refractivity contribution in [3.8, 4) is 17.2 Å². The number of benzene rings is 2. The topological polar surface area (TPSA) is 85.9 Å². The average molecular weight is 447 g/mol. The lowest BCUT2D eigenvalue weighted by molar-refractivity contribution is 0.0848. The molecule has 0 bridgehead atoms. The number of hydrogen-bond acceptors (Lipinski definition) is 6. The van der Waals surface area contributed by atoms with Crippen molar-refractivity contribution in [3.63, 3.8) is 0 Å². The van der Waals surface area contributed by atoms with E-state index in [2.05, 4.69) is 10.9 Å². The summed E-state index contributed by atoms with van der Waals surface area (Å²) in [6.07, 6.45) is 0. The third kappa shape index (κ3) is 5.24. The summed E-state index contributed by atoms with van der Waals surface area (Å²) in [5.74, 6) is -0.265. The molecule has 9 heteroatoms. The van der Waals surface area contributed by atoms with Crippen molar-refractivity contribution >= 4 is 33.2 Å². The van der Waals surface area contributed by atoms with Crippen LogP contribution in [0, 0.1) is 5.82 Å². The van der Waals surface area contributed by atoms with Gasteiger partial charge in [0.2, 0.25) is 5.75 Å². The Morgan fingerprint density at radius 2 is 1.48 bits per heavy atom. The standard InChI is InChI=1S/C22H23FN2O5S/c1-4-28-16-10-14(11-17(29-5-2)20(16)30-6-3)21(26)24-25-22(27)19-12-13-9-15(23)7-8-18(13)31-19/h7-12H,4-6H2,1-3H3,(H,24,26)(H,25,27). The molecule has 0 fully saturated rings. The van der Waals surface area contributed by atoms with Gasteiger partial charge in [0.1, 0.15) is 5.82 Å². The Bertz CT molecular complexity index is 1070. The Kier molecular flexibility index (Phi) is 7.30. The summed E-state index contributed by atoms with van der Waals surface area (Å²) in [4.78, 5) is 25.4. The lowest BCUT2D eigenvalue weighted by Crippen LogP contribution is -2.41. The van der Waals surface area contributed by atoms with E-state index in [1.807, 2.05) is 20.8 Å². The van der Waals surface area contributed by atoms with Crippen molar-refractivity contribution < 1.29 is 28.2 Å². The van der Waals surface area contributed by atoms with Crippen LogP contribution >= 0.6 is 11.3 Å². The minimum absolute atomic E-state index is 0.231. The fourth-order valence-electron chi connectivity index (χ4n) is 2.89. The Hall–Kier alpha value is -3.33. The molecular formula is C22H23FN2O5S. The third-order valence-corrected chi connectivity index (χ3v) is 5.28. The summed E-state index contributed by atoms with van der Waals surface area (Å²) in [6.45, 7) is 6.63. The molecule has 164 valence electrons. The summed E-state index contributed by atoms with van der Waals surface area (Å²) >= 11 is 1.20. The molecule has 7 nitrogen and oxygen atoms in total. The van der Waals surface area contributed by atoms with Gasteiger partial charge in [0, 0.05) is 10.3 Å². The molecule has 1 aromatic heterocycles. The highest BCUT2D eigenvalue weighted by Crippen LogP contribution is 2.39. The van der Waals surface area contributed by atoms with Gasteiger partial charge < -0.3 is 14.2 Å². The van der Waals surface area contributed by atoms with Crippen LogP contribution in [0.3, 0.4) is 0 Å². The van der Waals surface area contributed by atoms with Gasteiger partial charge in [-0.25, -0.2) is 4.39 Å². The fraction of sp³-hybridized carbons (Fsp3) is 0.273. The molecule has 0 spiro atoms. The predicted octanol–water partition coefficient (Wildman–Crippen LogP) is 4.31. The number of amides is 2. The molecule has 0 unspecified atom stereocenters.